The molecule has 0 amide bonds. The molecule has 1 aliphatic heterocycles. The van der Waals surface area contributed by atoms with Crippen molar-refractivity contribution in [2.75, 3.05) is 13.1 Å². The number of hydrogen-bond donors (Lipinski definition) is 1. The Morgan fingerprint density at radius 2 is 1.88 bits per heavy atom. The molecule has 1 aliphatic rings. The summed E-state index contributed by atoms with van der Waals surface area (Å²) in [6, 6.07) is 12.5. The van der Waals surface area contributed by atoms with Crippen LogP contribution in [0.5, 0.6) is 0 Å². The van der Waals surface area contributed by atoms with E-state index in [0.717, 1.165) is 30.3 Å². The van der Waals surface area contributed by atoms with Crippen LogP contribution in [0.4, 0.5) is 0 Å². The number of nitrogens with two attached hydrogens (primary N) is 1. The summed E-state index contributed by atoms with van der Waals surface area (Å²) in [7, 11) is 0. The van der Waals surface area contributed by atoms with Crippen LogP contribution >= 0.6 is 11.3 Å². The lowest BCUT2D eigenvalue weighted by Gasteiger charge is -2.15. The summed E-state index contributed by atoms with van der Waals surface area (Å²) < 4.78 is 0. The van der Waals surface area contributed by atoms with Crippen LogP contribution in [0, 0.1) is 0 Å². The summed E-state index contributed by atoms with van der Waals surface area (Å²) in [6.45, 7) is 2.69. The molecule has 0 saturated carbocycles. The van der Waals surface area contributed by atoms with Gasteiger partial charge in [0.15, 0.2) is 10.8 Å². The average Bonchev–Trinajstić information content (AvgIpc) is 3.23. The molecule has 0 bridgehead atoms. The summed E-state index contributed by atoms with van der Waals surface area (Å²) in [6.07, 6.45) is 3.49. The van der Waals surface area contributed by atoms with Crippen molar-refractivity contribution in [1.82, 2.24) is 19.9 Å². The van der Waals surface area contributed by atoms with Gasteiger partial charge in [0.2, 0.25) is 0 Å². The molecule has 2 atom stereocenters. The second kappa shape index (κ2) is 6.76. The molecule has 24 heavy (non-hydrogen) atoms. The predicted octanol–water partition coefficient (Wildman–Crippen LogP) is 2.53. The summed E-state index contributed by atoms with van der Waals surface area (Å²) in [5, 5.41) is 2.96. The molecule has 1 saturated heterocycles. The maximum absolute atomic E-state index is 6.37. The molecular weight excluding hydrogens is 318 g/mol. The first-order valence-corrected chi connectivity index (χ1v) is 8.92. The fraction of sp³-hybridized carbons (Fsp3) is 0.278. The smallest absolute Gasteiger partial charge is 0.188 e. The lowest BCUT2D eigenvalue weighted by Crippen LogP contribution is -2.28. The Morgan fingerprint density at radius 3 is 2.67 bits per heavy atom. The number of likely N-dealkylation sites (tertiary alicyclic amines) is 1. The van der Waals surface area contributed by atoms with Gasteiger partial charge in [-0.25, -0.2) is 15.0 Å². The third-order valence-corrected chi connectivity index (χ3v) is 5.25. The van der Waals surface area contributed by atoms with Crippen LogP contribution in [-0.4, -0.2) is 39.0 Å². The van der Waals surface area contributed by atoms with E-state index in [0.29, 0.717) is 11.7 Å². The van der Waals surface area contributed by atoms with Crippen LogP contribution in [-0.2, 0) is 6.54 Å². The zero-order valence-electron chi connectivity index (χ0n) is 13.2. The summed E-state index contributed by atoms with van der Waals surface area (Å²) in [5.74, 6) is 1.08. The Kier molecular flexibility index (Phi) is 4.34. The van der Waals surface area contributed by atoms with Gasteiger partial charge in [0.1, 0.15) is 0 Å². The first-order valence-electron chi connectivity index (χ1n) is 8.04. The van der Waals surface area contributed by atoms with Crippen LogP contribution in [0.25, 0.3) is 10.8 Å². The Bertz CT molecular complexity index is 789. The van der Waals surface area contributed by atoms with Crippen molar-refractivity contribution in [2.24, 2.45) is 5.73 Å². The van der Waals surface area contributed by atoms with Crippen molar-refractivity contribution in [3.63, 3.8) is 0 Å². The number of hydrogen-bond acceptors (Lipinski definition) is 6. The van der Waals surface area contributed by atoms with E-state index in [9.17, 15) is 0 Å². The highest BCUT2D eigenvalue weighted by atomic mass is 32.1. The summed E-state index contributed by atoms with van der Waals surface area (Å²) in [4.78, 5) is 15.6. The van der Waals surface area contributed by atoms with Crippen molar-refractivity contribution >= 4 is 11.3 Å². The molecule has 5 nitrogen and oxygen atoms in total. The minimum absolute atomic E-state index is 0.169. The van der Waals surface area contributed by atoms with Crippen LogP contribution < -0.4 is 5.73 Å². The van der Waals surface area contributed by atoms with E-state index in [1.54, 1.807) is 23.7 Å². The first-order chi connectivity index (χ1) is 11.8. The maximum Gasteiger partial charge on any atom is 0.188 e. The molecule has 1 fully saturated rings. The molecule has 0 unspecified atom stereocenters. The minimum atomic E-state index is 0.169. The number of benzene rings is 1. The van der Waals surface area contributed by atoms with E-state index >= 15 is 0 Å². The Hall–Kier alpha value is -2.15. The van der Waals surface area contributed by atoms with E-state index in [1.165, 1.54) is 5.56 Å². The van der Waals surface area contributed by atoms with Crippen LogP contribution in [0.15, 0.2) is 54.2 Å². The minimum Gasteiger partial charge on any atom is -0.326 e. The molecule has 2 aromatic heterocycles. The molecular formula is C18H19N5S. The summed E-state index contributed by atoms with van der Waals surface area (Å²) >= 11 is 1.59. The first kappa shape index (κ1) is 15.4. The van der Waals surface area contributed by atoms with E-state index in [1.807, 2.05) is 12.1 Å². The Balaban J connectivity index is 1.44. The zero-order valence-corrected chi connectivity index (χ0v) is 14.1. The molecule has 0 aliphatic carbocycles. The number of nitrogens with zero attached hydrogens (tertiary/aromatic N) is 4. The zero-order chi connectivity index (χ0) is 16.4. The second-order valence-electron chi connectivity index (χ2n) is 6.09. The van der Waals surface area contributed by atoms with Gasteiger partial charge in [-0.3, -0.25) is 4.90 Å². The predicted molar refractivity (Wildman–Crippen MR) is 95.6 cm³/mol. The molecule has 1 aromatic carbocycles. The van der Waals surface area contributed by atoms with Crippen molar-refractivity contribution < 1.29 is 0 Å². The summed E-state index contributed by atoms with van der Waals surface area (Å²) in [5.41, 5.74) is 8.75. The quantitative estimate of drug-likeness (QED) is 0.792. The fourth-order valence-corrected chi connectivity index (χ4v) is 3.97. The molecule has 122 valence electrons. The van der Waals surface area contributed by atoms with Crippen molar-refractivity contribution in [2.45, 2.75) is 18.5 Å². The maximum atomic E-state index is 6.37. The van der Waals surface area contributed by atoms with Gasteiger partial charge in [-0.1, -0.05) is 30.3 Å². The van der Waals surface area contributed by atoms with Crippen LogP contribution in [0.1, 0.15) is 17.2 Å². The van der Waals surface area contributed by atoms with Crippen LogP contribution in [0.2, 0.25) is 0 Å². The van der Waals surface area contributed by atoms with Gasteiger partial charge < -0.3 is 5.73 Å². The third-order valence-electron chi connectivity index (χ3n) is 4.36. The van der Waals surface area contributed by atoms with E-state index in [-0.39, 0.29) is 6.04 Å². The molecule has 0 radical (unpaired) electrons. The lowest BCUT2D eigenvalue weighted by atomic mass is 9.95. The molecule has 3 heterocycles. The highest BCUT2D eigenvalue weighted by molar-refractivity contribution is 7.13. The van der Waals surface area contributed by atoms with Gasteiger partial charge in [0.25, 0.3) is 0 Å². The van der Waals surface area contributed by atoms with E-state index in [2.05, 4.69) is 49.5 Å². The van der Waals surface area contributed by atoms with Gasteiger partial charge >= 0.3 is 0 Å². The second-order valence-corrected chi connectivity index (χ2v) is 6.95. The third kappa shape index (κ3) is 3.21. The lowest BCUT2D eigenvalue weighted by molar-refractivity contribution is 0.320. The van der Waals surface area contributed by atoms with Gasteiger partial charge in [0, 0.05) is 49.4 Å². The molecule has 3 aromatic rings. The standard InChI is InChI=1S/C18H19N5S/c19-16-11-23(10-15(16)13-5-2-1-3-6-13)9-14-12-24-18(22-14)17-20-7-4-8-21-17/h1-8,12,15-16H,9-11,19H2/t15-,16+/m0/s1. The number of aromatic nitrogens is 3. The van der Waals surface area contributed by atoms with E-state index in [4.69, 9.17) is 5.73 Å². The number of rotatable bonds is 4. The Labute approximate surface area is 145 Å². The van der Waals surface area contributed by atoms with Gasteiger partial charge in [-0.2, -0.15) is 0 Å². The largest absolute Gasteiger partial charge is 0.326 e. The van der Waals surface area contributed by atoms with E-state index < -0.39 is 0 Å². The highest BCUT2D eigenvalue weighted by Gasteiger charge is 2.31. The van der Waals surface area contributed by atoms with Crippen molar-refractivity contribution in [3.8, 4) is 10.8 Å². The fourth-order valence-electron chi connectivity index (χ4n) is 3.22. The van der Waals surface area contributed by atoms with Crippen molar-refractivity contribution in [1.29, 1.82) is 0 Å². The average molecular weight is 337 g/mol. The highest BCUT2D eigenvalue weighted by Crippen LogP contribution is 2.28. The topological polar surface area (TPSA) is 67.9 Å². The monoisotopic (exact) mass is 337 g/mol. The molecule has 6 heteroatoms. The van der Waals surface area contributed by atoms with Crippen LogP contribution in [0.3, 0.4) is 0 Å². The number of thiazole rings is 1. The van der Waals surface area contributed by atoms with Crippen molar-refractivity contribution in [3.05, 3.63) is 65.4 Å². The molecule has 0 spiro atoms. The normalized spacial score (nSPS) is 21.2. The van der Waals surface area contributed by atoms with Gasteiger partial charge in [-0.15, -0.1) is 11.3 Å². The van der Waals surface area contributed by atoms with Gasteiger partial charge in [-0.05, 0) is 11.6 Å². The SMILES string of the molecule is N[C@@H]1CN(Cc2csc(-c3ncccn3)n2)C[C@H]1c1ccccc1. The molecule has 2 N–H and O–H groups in total. The molecule has 4 rings (SSSR count). The van der Waals surface area contributed by atoms with Gasteiger partial charge in [0.05, 0.1) is 5.69 Å². The Morgan fingerprint density at radius 1 is 1.08 bits per heavy atom.